The van der Waals surface area contributed by atoms with Gasteiger partial charge in [0.05, 0.1) is 10.6 Å². The molecular weight excluding hydrogens is 390 g/mol. The van der Waals surface area contributed by atoms with Crippen molar-refractivity contribution in [3.8, 4) is 0 Å². The number of carbonyl (C=O) groups is 1. The van der Waals surface area contributed by atoms with E-state index in [4.69, 9.17) is 5.73 Å². The SMILES string of the molecule is CS(=O)(=O)c1ccc(/C(CN2CCN(c3ccccc3)CC2)=N\NC(N)=O)cc1. The number of para-hydroxylation sites is 1. The second kappa shape index (κ2) is 9.06. The van der Waals surface area contributed by atoms with Crippen LogP contribution in [0, 0.1) is 0 Å². The summed E-state index contributed by atoms with van der Waals surface area (Å²) in [5, 5.41) is 4.14. The first-order chi connectivity index (χ1) is 13.8. The molecule has 0 saturated carbocycles. The number of nitrogens with one attached hydrogen (secondary N) is 1. The lowest BCUT2D eigenvalue weighted by atomic mass is 10.1. The van der Waals surface area contributed by atoms with E-state index in [1.54, 1.807) is 12.1 Å². The monoisotopic (exact) mass is 415 g/mol. The first kappa shape index (κ1) is 20.8. The van der Waals surface area contributed by atoms with Crippen molar-refractivity contribution in [3.63, 3.8) is 0 Å². The van der Waals surface area contributed by atoms with E-state index in [1.807, 2.05) is 18.2 Å². The number of carbonyl (C=O) groups excluding carboxylic acids is 1. The Labute approximate surface area is 170 Å². The van der Waals surface area contributed by atoms with Crippen LogP contribution in [0.4, 0.5) is 10.5 Å². The molecule has 1 saturated heterocycles. The van der Waals surface area contributed by atoms with Gasteiger partial charge in [0.1, 0.15) is 0 Å². The summed E-state index contributed by atoms with van der Waals surface area (Å²) in [5.74, 6) is 0. The molecule has 0 unspecified atom stereocenters. The van der Waals surface area contributed by atoms with E-state index >= 15 is 0 Å². The van der Waals surface area contributed by atoms with Crippen LogP contribution in [0.5, 0.6) is 0 Å². The molecule has 29 heavy (non-hydrogen) atoms. The fraction of sp³-hybridized carbons (Fsp3) is 0.300. The van der Waals surface area contributed by atoms with Crippen molar-refractivity contribution in [3.05, 3.63) is 60.2 Å². The molecule has 0 aliphatic carbocycles. The number of nitrogens with two attached hydrogens (primary N) is 1. The van der Waals surface area contributed by atoms with Crippen molar-refractivity contribution < 1.29 is 13.2 Å². The van der Waals surface area contributed by atoms with Gasteiger partial charge >= 0.3 is 6.03 Å². The zero-order valence-corrected chi connectivity index (χ0v) is 17.1. The summed E-state index contributed by atoms with van der Waals surface area (Å²) in [6.45, 7) is 3.96. The number of anilines is 1. The Hall–Kier alpha value is -2.91. The number of piperazine rings is 1. The van der Waals surface area contributed by atoms with Gasteiger partial charge in [0.15, 0.2) is 9.84 Å². The number of hydrogen-bond donors (Lipinski definition) is 2. The first-order valence-electron chi connectivity index (χ1n) is 9.28. The Morgan fingerprint density at radius 3 is 2.21 bits per heavy atom. The van der Waals surface area contributed by atoms with Crippen LogP contribution in [0.3, 0.4) is 0 Å². The van der Waals surface area contributed by atoms with Crippen molar-refractivity contribution in [1.29, 1.82) is 0 Å². The molecule has 0 radical (unpaired) electrons. The van der Waals surface area contributed by atoms with Crippen molar-refractivity contribution in [2.45, 2.75) is 4.90 Å². The van der Waals surface area contributed by atoms with E-state index in [1.165, 1.54) is 17.8 Å². The van der Waals surface area contributed by atoms with Crippen LogP contribution < -0.4 is 16.1 Å². The Bertz CT molecular complexity index is 967. The standard InChI is InChI=1S/C20H25N5O3S/c1-29(27,28)18-9-7-16(8-10-18)19(22-23-20(21)26)15-24-11-13-25(14-12-24)17-5-3-2-4-6-17/h2-10H,11-15H2,1H3,(H3,21,23,26)/b22-19-. The molecule has 9 heteroatoms. The van der Waals surface area contributed by atoms with E-state index in [-0.39, 0.29) is 4.90 Å². The molecule has 1 heterocycles. The number of hydrazone groups is 1. The Morgan fingerprint density at radius 2 is 1.66 bits per heavy atom. The molecule has 0 atom stereocenters. The minimum Gasteiger partial charge on any atom is -0.369 e. The van der Waals surface area contributed by atoms with Gasteiger partial charge in [-0.05, 0) is 29.8 Å². The highest BCUT2D eigenvalue weighted by Gasteiger charge is 2.19. The number of nitrogens with zero attached hydrogens (tertiary/aromatic N) is 3. The van der Waals surface area contributed by atoms with E-state index < -0.39 is 15.9 Å². The van der Waals surface area contributed by atoms with E-state index in [0.29, 0.717) is 12.3 Å². The molecular formula is C20H25N5O3S. The van der Waals surface area contributed by atoms with E-state index in [0.717, 1.165) is 38.0 Å². The smallest absolute Gasteiger partial charge is 0.332 e. The summed E-state index contributed by atoms with van der Waals surface area (Å²) in [7, 11) is -3.28. The number of primary amides is 1. The molecule has 0 bridgehead atoms. The van der Waals surface area contributed by atoms with Gasteiger partial charge in [-0.3, -0.25) is 4.90 Å². The molecule has 0 spiro atoms. The van der Waals surface area contributed by atoms with Crippen LogP contribution in [-0.4, -0.2) is 64.0 Å². The molecule has 2 aromatic rings. The normalized spacial score (nSPS) is 15.9. The van der Waals surface area contributed by atoms with E-state index in [2.05, 4.69) is 32.5 Å². The predicted octanol–water partition coefficient (Wildman–Crippen LogP) is 1.28. The van der Waals surface area contributed by atoms with Crippen LogP contribution >= 0.6 is 0 Å². The minimum atomic E-state index is -3.28. The van der Waals surface area contributed by atoms with Crippen LogP contribution in [-0.2, 0) is 9.84 Å². The summed E-state index contributed by atoms with van der Waals surface area (Å²) in [6.07, 6.45) is 1.16. The molecule has 3 rings (SSSR count). The highest BCUT2D eigenvalue weighted by atomic mass is 32.2. The zero-order chi connectivity index (χ0) is 20.9. The Kier molecular flexibility index (Phi) is 6.50. The van der Waals surface area contributed by atoms with Gasteiger partial charge in [-0.15, -0.1) is 0 Å². The molecule has 3 N–H and O–H groups in total. The molecule has 1 aliphatic heterocycles. The fourth-order valence-electron chi connectivity index (χ4n) is 3.22. The number of urea groups is 1. The maximum absolute atomic E-state index is 11.7. The number of sulfone groups is 1. The molecule has 2 aromatic carbocycles. The summed E-state index contributed by atoms with van der Waals surface area (Å²) < 4.78 is 23.4. The van der Waals surface area contributed by atoms with Crippen molar-refractivity contribution in [1.82, 2.24) is 10.3 Å². The highest BCUT2D eigenvalue weighted by Crippen LogP contribution is 2.16. The van der Waals surface area contributed by atoms with Gasteiger partial charge in [0.25, 0.3) is 0 Å². The molecule has 8 nitrogen and oxygen atoms in total. The third kappa shape index (κ3) is 5.78. The Balaban J connectivity index is 1.70. The number of amides is 2. The third-order valence-electron chi connectivity index (χ3n) is 4.78. The summed E-state index contributed by atoms with van der Waals surface area (Å²) in [4.78, 5) is 15.9. The Morgan fingerprint density at radius 1 is 1.03 bits per heavy atom. The van der Waals surface area contributed by atoms with E-state index in [9.17, 15) is 13.2 Å². The van der Waals surface area contributed by atoms with Gasteiger partial charge in [-0.1, -0.05) is 30.3 Å². The van der Waals surface area contributed by atoms with Crippen LogP contribution in [0.2, 0.25) is 0 Å². The van der Waals surface area contributed by atoms with Crippen molar-refractivity contribution in [2.75, 3.05) is 43.9 Å². The molecule has 1 fully saturated rings. The lowest BCUT2D eigenvalue weighted by molar-refractivity contribution is 0.249. The first-order valence-corrected chi connectivity index (χ1v) is 11.2. The summed E-state index contributed by atoms with van der Waals surface area (Å²) in [6, 6.07) is 16.0. The predicted molar refractivity (Wildman–Crippen MR) is 114 cm³/mol. The third-order valence-corrected chi connectivity index (χ3v) is 5.91. The van der Waals surface area contributed by atoms with Crippen molar-refractivity contribution in [2.24, 2.45) is 10.8 Å². The van der Waals surface area contributed by atoms with Gasteiger partial charge in [-0.25, -0.2) is 18.6 Å². The largest absolute Gasteiger partial charge is 0.369 e. The second-order valence-corrected chi connectivity index (χ2v) is 8.95. The maximum Gasteiger partial charge on any atom is 0.332 e. The van der Waals surface area contributed by atoms with Gasteiger partial charge in [-0.2, -0.15) is 5.10 Å². The number of benzene rings is 2. The van der Waals surface area contributed by atoms with Gasteiger partial charge < -0.3 is 10.6 Å². The lowest BCUT2D eigenvalue weighted by Gasteiger charge is -2.36. The molecule has 1 aliphatic rings. The van der Waals surface area contributed by atoms with Gasteiger partial charge in [0, 0.05) is 44.7 Å². The summed E-state index contributed by atoms with van der Waals surface area (Å²) >= 11 is 0. The zero-order valence-electron chi connectivity index (χ0n) is 16.3. The molecule has 2 amide bonds. The van der Waals surface area contributed by atoms with Gasteiger partial charge in [0.2, 0.25) is 0 Å². The number of hydrogen-bond acceptors (Lipinski definition) is 6. The quantitative estimate of drug-likeness (QED) is 0.546. The van der Waals surface area contributed by atoms with Crippen LogP contribution in [0.1, 0.15) is 5.56 Å². The van der Waals surface area contributed by atoms with Crippen LogP contribution in [0.15, 0.2) is 64.6 Å². The minimum absolute atomic E-state index is 0.236. The topological polar surface area (TPSA) is 108 Å². The lowest BCUT2D eigenvalue weighted by Crippen LogP contribution is -2.48. The average molecular weight is 416 g/mol. The molecule has 154 valence electrons. The fourth-order valence-corrected chi connectivity index (χ4v) is 3.85. The van der Waals surface area contributed by atoms with Crippen LogP contribution in [0.25, 0.3) is 0 Å². The number of rotatable bonds is 6. The maximum atomic E-state index is 11.7. The van der Waals surface area contributed by atoms with Crippen molar-refractivity contribution >= 4 is 27.3 Å². The average Bonchev–Trinajstić information content (AvgIpc) is 2.71. The summed E-state index contributed by atoms with van der Waals surface area (Å²) in [5.41, 5.74) is 10.0. The second-order valence-electron chi connectivity index (χ2n) is 6.93. The molecule has 0 aromatic heterocycles. The highest BCUT2D eigenvalue weighted by molar-refractivity contribution is 7.90.